The van der Waals surface area contributed by atoms with E-state index in [1.807, 2.05) is 4.90 Å². The molecule has 12 heavy (non-hydrogen) atoms. The monoisotopic (exact) mass is 188 g/mol. The normalized spacial score (nSPS) is 17.7. The van der Waals surface area contributed by atoms with Crippen LogP contribution in [0.15, 0.2) is 0 Å². The molecule has 0 aromatic heterocycles. The number of carbonyl (C=O) groups is 1. The van der Waals surface area contributed by atoms with Gasteiger partial charge in [0.15, 0.2) is 0 Å². The molecule has 1 heterocycles. The van der Waals surface area contributed by atoms with Gasteiger partial charge in [0.25, 0.3) is 0 Å². The largest absolute Gasteiger partial charge is 0.340 e. The highest BCUT2D eigenvalue weighted by Gasteiger charge is 2.27. The molecule has 1 N–H and O–H groups in total. The first-order chi connectivity index (χ1) is 5.74. The molecule has 70 valence electrons. The summed E-state index contributed by atoms with van der Waals surface area (Å²) in [5.74, 6) is 0.194. The Balaban J connectivity index is 1.98. The topological polar surface area (TPSA) is 32.3 Å². The minimum Gasteiger partial charge on any atom is -0.340 e. The molecule has 3 nitrogen and oxygen atoms in total. The second-order valence-electron chi connectivity index (χ2n) is 3.22. The average Bonchev–Trinajstić information content (AvgIpc) is 1.93. The fraction of sp³-hybridized carbons (Fsp3) is 0.875. The van der Waals surface area contributed by atoms with Crippen LogP contribution in [0.5, 0.6) is 0 Å². The molecule has 1 aliphatic rings. The lowest BCUT2D eigenvalue weighted by molar-refractivity contribution is -0.133. The highest BCUT2D eigenvalue weighted by molar-refractivity contribution is 7.16. The summed E-state index contributed by atoms with van der Waals surface area (Å²) in [7, 11) is 2.71. The zero-order valence-electron chi connectivity index (χ0n) is 7.55. The Morgan fingerprint density at radius 2 is 2.33 bits per heavy atom. The molecule has 1 amide bonds. The molecule has 1 rings (SSSR count). The standard InChI is InChI=1S/C8H17N2OP/c1-7(11)10-5-8(6-10)9-3-2-4-12/h8-9H,2-6,12H2,1H3. The number of nitrogens with one attached hydrogen (secondary N) is 1. The van der Waals surface area contributed by atoms with Gasteiger partial charge < -0.3 is 10.2 Å². The Kier molecular flexibility index (Phi) is 3.96. The predicted octanol–water partition coefficient (Wildman–Crippen LogP) is 0.0719. The van der Waals surface area contributed by atoms with E-state index in [4.69, 9.17) is 0 Å². The van der Waals surface area contributed by atoms with Crippen LogP contribution in [0.4, 0.5) is 0 Å². The molecule has 1 saturated heterocycles. The molecule has 0 spiro atoms. The predicted molar refractivity (Wildman–Crippen MR) is 53.2 cm³/mol. The van der Waals surface area contributed by atoms with Gasteiger partial charge in [-0.2, -0.15) is 0 Å². The Hall–Kier alpha value is -0.140. The SMILES string of the molecule is CC(=O)N1CC(NCCCP)C1. The number of amides is 1. The third kappa shape index (κ3) is 2.72. The number of nitrogens with zero attached hydrogens (tertiary/aromatic N) is 1. The molecule has 1 aliphatic heterocycles. The molecule has 1 atom stereocenters. The summed E-state index contributed by atoms with van der Waals surface area (Å²) in [5.41, 5.74) is 0. The maximum absolute atomic E-state index is 10.8. The van der Waals surface area contributed by atoms with E-state index < -0.39 is 0 Å². The third-order valence-electron chi connectivity index (χ3n) is 2.14. The van der Waals surface area contributed by atoms with Crippen LogP contribution in [0.2, 0.25) is 0 Å². The summed E-state index contributed by atoms with van der Waals surface area (Å²) < 4.78 is 0. The van der Waals surface area contributed by atoms with E-state index in [9.17, 15) is 4.79 Å². The van der Waals surface area contributed by atoms with Crippen LogP contribution in [0, 0.1) is 0 Å². The van der Waals surface area contributed by atoms with Crippen molar-refractivity contribution in [1.82, 2.24) is 10.2 Å². The smallest absolute Gasteiger partial charge is 0.219 e. The van der Waals surface area contributed by atoms with Gasteiger partial charge in [0.2, 0.25) is 5.91 Å². The molecule has 0 aromatic rings. The van der Waals surface area contributed by atoms with Gasteiger partial charge in [0.05, 0.1) is 0 Å². The first-order valence-corrected chi connectivity index (χ1v) is 5.24. The second-order valence-corrected chi connectivity index (χ2v) is 3.79. The Bertz CT molecular complexity index is 157. The number of carbonyl (C=O) groups excluding carboxylic acids is 1. The lowest BCUT2D eigenvalue weighted by atomic mass is 10.1. The number of likely N-dealkylation sites (tertiary alicyclic amines) is 1. The van der Waals surface area contributed by atoms with Gasteiger partial charge in [0, 0.05) is 26.1 Å². The molecular weight excluding hydrogens is 171 g/mol. The zero-order valence-corrected chi connectivity index (χ0v) is 8.70. The van der Waals surface area contributed by atoms with Crippen LogP contribution < -0.4 is 5.32 Å². The highest BCUT2D eigenvalue weighted by atomic mass is 31.0. The van der Waals surface area contributed by atoms with Crippen molar-refractivity contribution >= 4 is 15.1 Å². The van der Waals surface area contributed by atoms with Gasteiger partial charge in [-0.05, 0) is 19.1 Å². The molecule has 0 bridgehead atoms. The zero-order chi connectivity index (χ0) is 8.97. The van der Waals surface area contributed by atoms with Crippen molar-refractivity contribution in [3.8, 4) is 0 Å². The summed E-state index contributed by atoms with van der Waals surface area (Å²) in [6.07, 6.45) is 2.34. The highest BCUT2D eigenvalue weighted by Crippen LogP contribution is 2.07. The van der Waals surface area contributed by atoms with Crippen LogP contribution in [0.3, 0.4) is 0 Å². The minimum absolute atomic E-state index is 0.194. The molecule has 0 aromatic carbocycles. The van der Waals surface area contributed by atoms with E-state index in [0.29, 0.717) is 6.04 Å². The van der Waals surface area contributed by atoms with E-state index >= 15 is 0 Å². The second kappa shape index (κ2) is 4.78. The molecular formula is C8H17N2OP. The minimum atomic E-state index is 0.194. The van der Waals surface area contributed by atoms with E-state index in [-0.39, 0.29) is 5.91 Å². The summed E-state index contributed by atoms with van der Waals surface area (Å²) in [6.45, 7) is 4.48. The van der Waals surface area contributed by atoms with Crippen molar-refractivity contribution in [3.63, 3.8) is 0 Å². The molecule has 1 fully saturated rings. The molecule has 0 saturated carbocycles. The van der Waals surface area contributed by atoms with Crippen LogP contribution >= 0.6 is 9.24 Å². The molecule has 0 radical (unpaired) electrons. The Morgan fingerprint density at radius 1 is 1.67 bits per heavy atom. The van der Waals surface area contributed by atoms with Gasteiger partial charge in [-0.1, -0.05) is 0 Å². The van der Waals surface area contributed by atoms with E-state index in [0.717, 1.165) is 25.8 Å². The van der Waals surface area contributed by atoms with Gasteiger partial charge in [-0.15, -0.1) is 9.24 Å². The van der Waals surface area contributed by atoms with Crippen molar-refractivity contribution < 1.29 is 4.79 Å². The number of hydrogen-bond donors (Lipinski definition) is 1. The summed E-state index contributed by atoms with van der Waals surface area (Å²) in [5, 5.41) is 3.40. The third-order valence-corrected chi connectivity index (χ3v) is 2.55. The lowest BCUT2D eigenvalue weighted by Gasteiger charge is -2.39. The van der Waals surface area contributed by atoms with Crippen LogP contribution in [0.1, 0.15) is 13.3 Å². The van der Waals surface area contributed by atoms with E-state index in [1.165, 1.54) is 6.42 Å². The summed E-state index contributed by atoms with van der Waals surface area (Å²) >= 11 is 0. The molecule has 1 unspecified atom stereocenters. The summed E-state index contributed by atoms with van der Waals surface area (Å²) in [4.78, 5) is 12.7. The maximum Gasteiger partial charge on any atom is 0.219 e. The van der Waals surface area contributed by atoms with Crippen LogP contribution in [-0.4, -0.2) is 42.6 Å². The van der Waals surface area contributed by atoms with Gasteiger partial charge in [-0.25, -0.2) is 0 Å². The van der Waals surface area contributed by atoms with Crippen molar-refractivity contribution in [3.05, 3.63) is 0 Å². The molecule has 0 aliphatic carbocycles. The first-order valence-electron chi connectivity index (χ1n) is 4.43. The summed E-state index contributed by atoms with van der Waals surface area (Å²) in [6, 6.07) is 0.547. The first kappa shape index (κ1) is 9.94. The van der Waals surface area contributed by atoms with Gasteiger partial charge >= 0.3 is 0 Å². The number of hydrogen-bond acceptors (Lipinski definition) is 2. The molecule has 4 heteroatoms. The van der Waals surface area contributed by atoms with Crippen molar-refractivity contribution in [1.29, 1.82) is 0 Å². The van der Waals surface area contributed by atoms with E-state index in [1.54, 1.807) is 6.92 Å². The quantitative estimate of drug-likeness (QED) is 0.500. The Morgan fingerprint density at radius 3 is 2.83 bits per heavy atom. The maximum atomic E-state index is 10.8. The van der Waals surface area contributed by atoms with Gasteiger partial charge in [0.1, 0.15) is 0 Å². The van der Waals surface area contributed by atoms with Crippen LogP contribution in [-0.2, 0) is 4.79 Å². The van der Waals surface area contributed by atoms with Gasteiger partial charge in [-0.3, -0.25) is 4.79 Å². The van der Waals surface area contributed by atoms with E-state index in [2.05, 4.69) is 14.6 Å². The van der Waals surface area contributed by atoms with Crippen LogP contribution in [0.25, 0.3) is 0 Å². The van der Waals surface area contributed by atoms with Crippen molar-refractivity contribution in [2.45, 2.75) is 19.4 Å². The van der Waals surface area contributed by atoms with Crippen molar-refractivity contribution in [2.75, 3.05) is 25.8 Å². The van der Waals surface area contributed by atoms with Crippen molar-refractivity contribution in [2.24, 2.45) is 0 Å². The average molecular weight is 188 g/mol. The number of rotatable bonds is 4. The Labute approximate surface area is 76.1 Å². The fourth-order valence-corrected chi connectivity index (χ4v) is 1.48. The fourth-order valence-electron chi connectivity index (χ4n) is 1.27. The lowest BCUT2D eigenvalue weighted by Crippen LogP contribution is -2.59.